The van der Waals surface area contributed by atoms with E-state index in [0.717, 1.165) is 15.6 Å². The van der Waals surface area contributed by atoms with Crippen molar-refractivity contribution in [2.45, 2.75) is 0 Å². The first-order valence-electron chi connectivity index (χ1n) is 4.92. The number of benzene rings is 1. The number of rotatable bonds is 2. The minimum absolute atomic E-state index is 0.00778. The van der Waals surface area contributed by atoms with E-state index in [1.54, 1.807) is 17.4 Å². The predicted molar refractivity (Wildman–Crippen MR) is 67.4 cm³/mol. The normalized spacial score (nSPS) is 11.2. The van der Waals surface area contributed by atoms with Gasteiger partial charge in [0.05, 0.1) is 7.11 Å². The lowest BCUT2D eigenvalue weighted by atomic mass is 10.1. The maximum absolute atomic E-state index is 11.3. The second-order valence-electron chi connectivity index (χ2n) is 3.35. The molecule has 0 fully saturated rings. The third kappa shape index (κ3) is 2.19. The number of nitriles is 1. The Hall–Kier alpha value is -2.12. The lowest BCUT2D eigenvalue weighted by Crippen LogP contribution is -2.02. The Morgan fingerprint density at radius 3 is 3.00 bits per heavy atom. The van der Waals surface area contributed by atoms with Crippen LogP contribution in [0.4, 0.5) is 0 Å². The molecule has 84 valence electrons. The lowest BCUT2D eigenvalue weighted by Gasteiger charge is -1.98. The highest BCUT2D eigenvalue weighted by atomic mass is 32.1. The van der Waals surface area contributed by atoms with Crippen molar-refractivity contribution < 1.29 is 9.53 Å². The molecule has 0 amide bonds. The largest absolute Gasteiger partial charge is 0.465 e. The molecule has 1 aromatic carbocycles. The number of carbonyl (C=O) groups is 1. The molecule has 0 N–H and O–H groups in total. The van der Waals surface area contributed by atoms with E-state index in [4.69, 9.17) is 5.26 Å². The van der Waals surface area contributed by atoms with Crippen LogP contribution in [0, 0.1) is 11.3 Å². The van der Waals surface area contributed by atoms with Gasteiger partial charge >= 0.3 is 5.97 Å². The summed E-state index contributed by atoms with van der Waals surface area (Å²) < 4.78 is 5.60. The quantitative estimate of drug-likeness (QED) is 0.463. The summed E-state index contributed by atoms with van der Waals surface area (Å²) in [6.07, 6.45) is 1.56. The van der Waals surface area contributed by atoms with Gasteiger partial charge < -0.3 is 4.74 Å². The van der Waals surface area contributed by atoms with Gasteiger partial charge in [-0.05, 0) is 28.5 Å². The number of hydrogen-bond donors (Lipinski definition) is 0. The fourth-order valence-corrected chi connectivity index (χ4v) is 2.42. The van der Waals surface area contributed by atoms with Gasteiger partial charge in [-0.25, -0.2) is 4.79 Å². The summed E-state index contributed by atoms with van der Waals surface area (Å²) in [5.74, 6) is -0.610. The van der Waals surface area contributed by atoms with Gasteiger partial charge in [0.1, 0.15) is 11.6 Å². The standard InChI is InChI=1S/C13H9NO2S/c1-16-13(15)11(8-14)7-10-4-2-3-9-5-6-17-12(9)10/h2-7H,1H3. The molecule has 3 nitrogen and oxygen atoms in total. The van der Waals surface area contributed by atoms with Crippen molar-refractivity contribution >= 4 is 33.5 Å². The summed E-state index contributed by atoms with van der Waals surface area (Å²) >= 11 is 1.58. The highest BCUT2D eigenvalue weighted by Crippen LogP contribution is 2.26. The minimum Gasteiger partial charge on any atom is -0.465 e. The van der Waals surface area contributed by atoms with Crippen LogP contribution in [0.1, 0.15) is 5.56 Å². The molecule has 0 atom stereocenters. The number of methoxy groups -OCH3 is 1. The van der Waals surface area contributed by atoms with Gasteiger partial charge in [0.2, 0.25) is 0 Å². The Bertz CT molecular complexity index is 634. The van der Waals surface area contributed by atoms with Crippen LogP contribution >= 0.6 is 11.3 Å². The Morgan fingerprint density at radius 2 is 2.29 bits per heavy atom. The summed E-state index contributed by atoms with van der Waals surface area (Å²) in [7, 11) is 1.26. The van der Waals surface area contributed by atoms with Crippen LogP contribution in [-0.4, -0.2) is 13.1 Å². The third-order valence-corrected chi connectivity index (χ3v) is 3.31. The fourth-order valence-electron chi connectivity index (χ4n) is 1.53. The van der Waals surface area contributed by atoms with E-state index in [-0.39, 0.29) is 5.57 Å². The first-order valence-corrected chi connectivity index (χ1v) is 5.80. The van der Waals surface area contributed by atoms with Gasteiger partial charge in [0, 0.05) is 4.70 Å². The van der Waals surface area contributed by atoms with Gasteiger partial charge in [0.15, 0.2) is 0 Å². The average Bonchev–Trinajstić information content (AvgIpc) is 2.83. The van der Waals surface area contributed by atoms with Gasteiger partial charge in [-0.3, -0.25) is 0 Å². The van der Waals surface area contributed by atoms with E-state index in [1.807, 2.05) is 35.7 Å². The van der Waals surface area contributed by atoms with Crippen LogP contribution in [0.15, 0.2) is 35.2 Å². The van der Waals surface area contributed by atoms with Crippen LogP contribution < -0.4 is 0 Å². The molecule has 2 aromatic rings. The average molecular weight is 243 g/mol. The number of fused-ring (bicyclic) bond motifs is 1. The highest BCUT2D eigenvalue weighted by Gasteiger charge is 2.09. The van der Waals surface area contributed by atoms with Crippen LogP contribution in [0.3, 0.4) is 0 Å². The summed E-state index contributed by atoms with van der Waals surface area (Å²) in [5.41, 5.74) is 0.868. The van der Waals surface area contributed by atoms with E-state index in [1.165, 1.54) is 7.11 Å². The Morgan fingerprint density at radius 1 is 1.47 bits per heavy atom. The van der Waals surface area contributed by atoms with Crippen molar-refractivity contribution in [1.82, 2.24) is 0 Å². The molecule has 1 heterocycles. The minimum atomic E-state index is -0.610. The van der Waals surface area contributed by atoms with Crippen molar-refractivity contribution in [3.63, 3.8) is 0 Å². The van der Waals surface area contributed by atoms with E-state index in [0.29, 0.717) is 0 Å². The molecule has 0 aliphatic rings. The van der Waals surface area contributed by atoms with E-state index >= 15 is 0 Å². The van der Waals surface area contributed by atoms with Crippen molar-refractivity contribution in [2.24, 2.45) is 0 Å². The SMILES string of the molecule is COC(=O)C(C#N)=Cc1cccc2ccsc12. The Labute approximate surface area is 103 Å². The second-order valence-corrected chi connectivity index (χ2v) is 4.26. The number of esters is 1. The zero-order chi connectivity index (χ0) is 12.3. The highest BCUT2D eigenvalue weighted by molar-refractivity contribution is 7.17. The molecule has 0 unspecified atom stereocenters. The molecule has 17 heavy (non-hydrogen) atoms. The van der Waals surface area contributed by atoms with Gasteiger partial charge in [0.25, 0.3) is 0 Å². The maximum Gasteiger partial charge on any atom is 0.348 e. The number of nitrogens with zero attached hydrogens (tertiary/aromatic N) is 1. The molecule has 0 bridgehead atoms. The van der Waals surface area contributed by atoms with Crippen LogP contribution in [0.5, 0.6) is 0 Å². The summed E-state index contributed by atoms with van der Waals surface area (Å²) in [6, 6.07) is 9.61. The number of ether oxygens (including phenoxy) is 1. The number of carbonyl (C=O) groups excluding carboxylic acids is 1. The van der Waals surface area contributed by atoms with Gasteiger partial charge in [-0.1, -0.05) is 18.2 Å². The zero-order valence-corrected chi connectivity index (χ0v) is 9.95. The Kier molecular flexibility index (Phi) is 3.22. The molecule has 0 radical (unpaired) electrons. The van der Waals surface area contributed by atoms with Crippen molar-refractivity contribution in [3.8, 4) is 6.07 Å². The monoisotopic (exact) mass is 243 g/mol. The fraction of sp³-hybridized carbons (Fsp3) is 0.0769. The molecule has 0 aliphatic carbocycles. The molecular weight excluding hydrogens is 234 g/mol. The van der Waals surface area contributed by atoms with Crippen molar-refractivity contribution in [1.29, 1.82) is 5.26 Å². The van der Waals surface area contributed by atoms with Crippen molar-refractivity contribution in [2.75, 3.05) is 7.11 Å². The number of thiophene rings is 1. The van der Waals surface area contributed by atoms with E-state index < -0.39 is 5.97 Å². The topological polar surface area (TPSA) is 50.1 Å². The van der Waals surface area contributed by atoms with E-state index in [2.05, 4.69) is 4.74 Å². The summed E-state index contributed by atoms with van der Waals surface area (Å²) in [5, 5.41) is 12.0. The molecule has 0 saturated heterocycles. The maximum atomic E-state index is 11.3. The van der Waals surface area contributed by atoms with Crippen LogP contribution in [-0.2, 0) is 9.53 Å². The van der Waals surface area contributed by atoms with Crippen LogP contribution in [0.2, 0.25) is 0 Å². The number of hydrogen-bond acceptors (Lipinski definition) is 4. The first-order chi connectivity index (χ1) is 8.26. The van der Waals surface area contributed by atoms with Crippen LogP contribution in [0.25, 0.3) is 16.2 Å². The molecule has 0 spiro atoms. The molecule has 2 rings (SSSR count). The van der Waals surface area contributed by atoms with Crippen molar-refractivity contribution in [3.05, 3.63) is 40.8 Å². The van der Waals surface area contributed by atoms with Gasteiger partial charge in [-0.15, -0.1) is 11.3 Å². The summed E-state index contributed by atoms with van der Waals surface area (Å²) in [4.78, 5) is 11.3. The Balaban J connectivity index is 2.54. The predicted octanol–water partition coefficient (Wildman–Crippen LogP) is 2.98. The third-order valence-electron chi connectivity index (χ3n) is 2.34. The second kappa shape index (κ2) is 4.81. The molecule has 4 heteroatoms. The van der Waals surface area contributed by atoms with E-state index in [9.17, 15) is 4.79 Å². The molecule has 0 aliphatic heterocycles. The molecule has 0 saturated carbocycles. The summed E-state index contributed by atoms with van der Waals surface area (Å²) in [6.45, 7) is 0. The lowest BCUT2D eigenvalue weighted by molar-refractivity contribution is -0.135. The smallest absolute Gasteiger partial charge is 0.348 e. The first kappa shape index (κ1) is 11.4. The zero-order valence-electron chi connectivity index (χ0n) is 9.14. The molecule has 1 aromatic heterocycles. The van der Waals surface area contributed by atoms with Gasteiger partial charge in [-0.2, -0.15) is 5.26 Å². The molecular formula is C13H9NO2S.